The summed E-state index contributed by atoms with van der Waals surface area (Å²) in [6.45, 7) is 0.414. The van der Waals surface area contributed by atoms with Crippen molar-refractivity contribution in [3.8, 4) is 17.3 Å². The molecule has 30 heavy (non-hydrogen) atoms. The lowest BCUT2D eigenvalue weighted by Crippen LogP contribution is -2.12. The fourth-order valence-corrected chi connectivity index (χ4v) is 2.87. The molecule has 0 radical (unpaired) electrons. The molecule has 1 amide bonds. The Morgan fingerprint density at radius 3 is 2.63 bits per heavy atom. The van der Waals surface area contributed by atoms with Gasteiger partial charge >= 0.3 is 0 Å². The van der Waals surface area contributed by atoms with Gasteiger partial charge in [0.1, 0.15) is 18.8 Å². The number of carbonyl (C=O) groups is 1. The van der Waals surface area contributed by atoms with Crippen LogP contribution in [0.3, 0.4) is 0 Å². The first-order valence-corrected chi connectivity index (χ1v) is 9.33. The first-order chi connectivity index (χ1) is 14.7. The van der Waals surface area contributed by atoms with Gasteiger partial charge in [0.15, 0.2) is 11.5 Å². The van der Waals surface area contributed by atoms with E-state index in [1.165, 1.54) is 0 Å². The van der Waals surface area contributed by atoms with Crippen LogP contribution < -0.4 is 14.8 Å². The number of benzene rings is 2. The zero-order chi connectivity index (χ0) is 20.8. The maximum atomic E-state index is 12.6. The Morgan fingerprint density at radius 1 is 1.07 bits per heavy atom. The lowest BCUT2D eigenvalue weighted by molar-refractivity contribution is 0.102. The van der Waals surface area contributed by atoms with E-state index in [1.54, 1.807) is 66.9 Å². The number of hydrogen-bond donors (Lipinski definition) is 1. The molecule has 0 aliphatic heterocycles. The Balaban J connectivity index is 1.43. The maximum absolute atomic E-state index is 12.6. The highest BCUT2D eigenvalue weighted by Crippen LogP contribution is 2.29. The van der Waals surface area contributed by atoms with Gasteiger partial charge in [-0.1, -0.05) is 30.3 Å². The maximum Gasteiger partial charge on any atom is 0.255 e. The van der Waals surface area contributed by atoms with Gasteiger partial charge in [-0.2, -0.15) is 0 Å². The van der Waals surface area contributed by atoms with Crippen LogP contribution in [-0.2, 0) is 6.61 Å². The van der Waals surface area contributed by atoms with Crippen molar-refractivity contribution >= 4 is 11.6 Å². The van der Waals surface area contributed by atoms with Gasteiger partial charge < -0.3 is 14.8 Å². The molecule has 2 aromatic heterocycles. The number of nitrogens with zero attached hydrogens (tertiary/aromatic N) is 3. The zero-order valence-electron chi connectivity index (χ0n) is 16.4. The smallest absolute Gasteiger partial charge is 0.255 e. The molecule has 7 heteroatoms. The molecule has 4 rings (SSSR count). The molecule has 0 spiro atoms. The number of methoxy groups -OCH3 is 1. The Labute approximate surface area is 173 Å². The second-order valence-electron chi connectivity index (χ2n) is 6.47. The molecule has 150 valence electrons. The Kier molecular flexibility index (Phi) is 5.70. The summed E-state index contributed by atoms with van der Waals surface area (Å²) in [5.74, 6) is 1.52. The minimum Gasteiger partial charge on any atom is -0.493 e. The van der Waals surface area contributed by atoms with Gasteiger partial charge in [0, 0.05) is 18.0 Å². The number of pyridine rings is 1. The summed E-state index contributed by atoms with van der Waals surface area (Å²) >= 11 is 0. The van der Waals surface area contributed by atoms with Crippen LogP contribution in [-0.4, -0.2) is 27.6 Å². The Hall–Kier alpha value is -4.13. The summed E-state index contributed by atoms with van der Waals surface area (Å²) in [6, 6.07) is 18.5. The van der Waals surface area contributed by atoms with Crippen molar-refractivity contribution in [2.45, 2.75) is 6.61 Å². The molecule has 1 N–H and O–H groups in total. The summed E-state index contributed by atoms with van der Waals surface area (Å²) in [5.41, 5.74) is 2.10. The van der Waals surface area contributed by atoms with Crippen LogP contribution in [0.25, 0.3) is 5.82 Å². The van der Waals surface area contributed by atoms with Crippen LogP contribution >= 0.6 is 0 Å². The van der Waals surface area contributed by atoms with Crippen molar-refractivity contribution in [1.82, 2.24) is 14.5 Å². The van der Waals surface area contributed by atoms with E-state index in [2.05, 4.69) is 15.3 Å². The van der Waals surface area contributed by atoms with Gasteiger partial charge in [-0.05, 0) is 35.9 Å². The lowest BCUT2D eigenvalue weighted by atomic mass is 10.2. The van der Waals surface area contributed by atoms with E-state index in [1.807, 2.05) is 30.3 Å². The standard InChI is InChI=1S/C23H20N4O3/c1-29-21-13-18(7-9-20(21)30-15-17-5-3-2-4-6-17)23(28)26-19-8-10-22(25-14-19)27-12-11-24-16-27/h2-14,16H,15H2,1H3,(H,26,28). The molecule has 0 bridgehead atoms. The predicted molar refractivity (Wildman–Crippen MR) is 113 cm³/mol. The van der Waals surface area contributed by atoms with Crippen LogP contribution in [0.15, 0.2) is 85.6 Å². The average molecular weight is 400 g/mol. The monoisotopic (exact) mass is 400 g/mol. The summed E-state index contributed by atoms with van der Waals surface area (Å²) < 4.78 is 13.0. The van der Waals surface area contributed by atoms with E-state index < -0.39 is 0 Å². The summed E-state index contributed by atoms with van der Waals surface area (Å²) in [5, 5.41) is 2.84. The third-order valence-corrected chi connectivity index (χ3v) is 4.44. The van der Waals surface area contributed by atoms with E-state index in [0.29, 0.717) is 35.2 Å². The fraction of sp³-hybridized carbons (Fsp3) is 0.0870. The van der Waals surface area contributed by atoms with Gasteiger partial charge in [-0.15, -0.1) is 0 Å². The van der Waals surface area contributed by atoms with E-state index >= 15 is 0 Å². The van der Waals surface area contributed by atoms with Gasteiger partial charge in [0.25, 0.3) is 5.91 Å². The van der Waals surface area contributed by atoms with Crippen molar-refractivity contribution in [1.29, 1.82) is 0 Å². The molecule has 2 heterocycles. The largest absolute Gasteiger partial charge is 0.493 e. The number of hydrogen-bond acceptors (Lipinski definition) is 5. The molecule has 2 aromatic carbocycles. The number of rotatable bonds is 7. The van der Waals surface area contributed by atoms with Crippen LogP contribution in [0.5, 0.6) is 11.5 Å². The highest BCUT2D eigenvalue weighted by molar-refractivity contribution is 6.04. The van der Waals surface area contributed by atoms with Gasteiger partial charge in [-0.25, -0.2) is 9.97 Å². The first-order valence-electron chi connectivity index (χ1n) is 9.33. The number of amides is 1. The second kappa shape index (κ2) is 8.91. The Morgan fingerprint density at radius 2 is 1.93 bits per heavy atom. The normalized spacial score (nSPS) is 10.4. The second-order valence-corrected chi connectivity index (χ2v) is 6.47. The topological polar surface area (TPSA) is 78.3 Å². The van der Waals surface area contributed by atoms with E-state index in [4.69, 9.17) is 9.47 Å². The van der Waals surface area contributed by atoms with Crippen LogP contribution in [0, 0.1) is 0 Å². The van der Waals surface area contributed by atoms with E-state index in [9.17, 15) is 4.79 Å². The van der Waals surface area contributed by atoms with E-state index in [-0.39, 0.29) is 5.91 Å². The van der Waals surface area contributed by atoms with Crippen LogP contribution in [0.4, 0.5) is 5.69 Å². The number of aromatic nitrogens is 3. The lowest BCUT2D eigenvalue weighted by Gasteiger charge is -2.12. The molecule has 0 aliphatic rings. The molecule has 0 saturated heterocycles. The molecule has 0 unspecified atom stereocenters. The van der Waals surface area contributed by atoms with Crippen LogP contribution in [0.2, 0.25) is 0 Å². The van der Waals surface area contributed by atoms with Crippen molar-refractivity contribution in [3.63, 3.8) is 0 Å². The fourth-order valence-electron chi connectivity index (χ4n) is 2.87. The summed E-state index contributed by atoms with van der Waals surface area (Å²) in [7, 11) is 1.55. The number of imidazole rings is 1. The molecule has 0 saturated carbocycles. The average Bonchev–Trinajstić information content (AvgIpc) is 3.34. The zero-order valence-corrected chi connectivity index (χ0v) is 16.4. The molecular weight excluding hydrogens is 380 g/mol. The van der Waals surface area contributed by atoms with Crippen molar-refractivity contribution < 1.29 is 14.3 Å². The third-order valence-electron chi connectivity index (χ3n) is 4.44. The summed E-state index contributed by atoms with van der Waals surface area (Å²) in [6.07, 6.45) is 6.74. The minimum absolute atomic E-state index is 0.264. The first kappa shape index (κ1) is 19.2. The van der Waals surface area contributed by atoms with Crippen molar-refractivity contribution in [2.75, 3.05) is 12.4 Å². The molecule has 0 fully saturated rings. The SMILES string of the molecule is COc1cc(C(=O)Nc2ccc(-n3ccnc3)nc2)ccc1OCc1ccccc1. The summed E-state index contributed by atoms with van der Waals surface area (Å²) in [4.78, 5) is 21.0. The van der Waals surface area contributed by atoms with Gasteiger partial charge in [-0.3, -0.25) is 9.36 Å². The van der Waals surface area contributed by atoms with Crippen molar-refractivity contribution in [3.05, 3.63) is 96.7 Å². The number of ether oxygens (including phenoxy) is 2. The molecule has 0 aliphatic carbocycles. The number of nitrogens with one attached hydrogen (secondary N) is 1. The quantitative estimate of drug-likeness (QED) is 0.505. The Bertz CT molecular complexity index is 1110. The molecular formula is C23H20N4O3. The highest BCUT2D eigenvalue weighted by atomic mass is 16.5. The number of anilines is 1. The minimum atomic E-state index is -0.264. The molecule has 0 atom stereocenters. The van der Waals surface area contributed by atoms with Gasteiger partial charge in [0.2, 0.25) is 0 Å². The predicted octanol–water partition coefficient (Wildman–Crippen LogP) is 4.11. The third kappa shape index (κ3) is 4.47. The highest BCUT2D eigenvalue weighted by Gasteiger charge is 2.12. The molecule has 4 aromatic rings. The molecule has 7 nitrogen and oxygen atoms in total. The van der Waals surface area contributed by atoms with Gasteiger partial charge in [0.05, 0.1) is 19.0 Å². The van der Waals surface area contributed by atoms with Crippen LogP contribution in [0.1, 0.15) is 15.9 Å². The number of carbonyl (C=O) groups excluding carboxylic acids is 1. The van der Waals surface area contributed by atoms with Crippen molar-refractivity contribution in [2.24, 2.45) is 0 Å². The van der Waals surface area contributed by atoms with E-state index in [0.717, 1.165) is 5.56 Å².